The smallest absolute Gasteiger partial charge is 0.142 e. The van der Waals surface area contributed by atoms with E-state index in [-0.39, 0.29) is 6.04 Å². The van der Waals surface area contributed by atoms with Crippen molar-refractivity contribution in [1.82, 2.24) is 5.32 Å². The molecule has 0 aliphatic carbocycles. The molecule has 1 aliphatic heterocycles. The van der Waals surface area contributed by atoms with Crippen molar-refractivity contribution in [2.24, 2.45) is 0 Å². The van der Waals surface area contributed by atoms with E-state index in [1.54, 1.807) is 20.1 Å². The molecule has 0 radical (unpaired) electrons. The third-order valence-corrected chi connectivity index (χ3v) is 4.14. The first-order valence-electron chi connectivity index (χ1n) is 6.99. The van der Waals surface area contributed by atoms with Crippen LogP contribution in [0.1, 0.15) is 31.4 Å². The Bertz CT molecular complexity index is 494. The minimum atomic E-state index is -0.823. The zero-order chi connectivity index (χ0) is 15.5. The fourth-order valence-electron chi connectivity index (χ4n) is 2.39. The Labute approximate surface area is 135 Å². The number of aliphatic hydroxyl groups is 1. The molecule has 0 saturated carbocycles. The zero-order valence-electron chi connectivity index (χ0n) is 12.3. The highest BCUT2D eigenvalue weighted by atomic mass is 35.5. The van der Waals surface area contributed by atoms with Gasteiger partial charge in [-0.05, 0) is 19.1 Å². The maximum absolute atomic E-state index is 10.3. The monoisotopic (exact) mass is 333 g/mol. The number of fused-ring (bicyclic) bond motifs is 1. The third-order valence-electron chi connectivity index (χ3n) is 3.64. The van der Waals surface area contributed by atoms with Gasteiger partial charge in [0.25, 0.3) is 0 Å². The fraction of sp³-hybridized carbons (Fsp3) is 0.600. The van der Waals surface area contributed by atoms with Gasteiger partial charge in [-0.2, -0.15) is 0 Å². The van der Waals surface area contributed by atoms with Gasteiger partial charge in [0.05, 0.1) is 17.2 Å². The van der Waals surface area contributed by atoms with Gasteiger partial charge in [-0.15, -0.1) is 0 Å². The lowest BCUT2D eigenvalue weighted by Crippen LogP contribution is -2.41. The van der Waals surface area contributed by atoms with Crippen LogP contribution in [-0.2, 0) is 4.74 Å². The Morgan fingerprint density at radius 3 is 2.95 bits per heavy atom. The molecule has 2 unspecified atom stereocenters. The predicted molar refractivity (Wildman–Crippen MR) is 84.4 cm³/mol. The maximum atomic E-state index is 10.3. The van der Waals surface area contributed by atoms with Gasteiger partial charge in [0.15, 0.2) is 0 Å². The summed E-state index contributed by atoms with van der Waals surface area (Å²) < 4.78 is 10.6. The summed E-state index contributed by atoms with van der Waals surface area (Å²) in [7, 11) is 1.63. The van der Waals surface area contributed by atoms with E-state index < -0.39 is 5.60 Å². The van der Waals surface area contributed by atoms with Crippen molar-refractivity contribution >= 4 is 23.2 Å². The Balaban J connectivity index is 2.07. The summed E-state index contributed by atoms with van der Waals surface area (Å²) in [4.78, 5) is 0. The summed E-state index contributed by atoms with van der Waals surface area (Å²) in [5.41, 5.74) is 0.123. The molecule has 1 aromatic rings. The second kappa shape index (κ2) is 7.16. The van der Waals surface area contributed by atoms with Crippen molar-refractivity contribution in [2.45, 2.75) is 31.4 Å². The molecule has 0 aromatic heterocycles. The molecule has 0 spiro atoms. The average Bonchev–Trinajstić information content (AvgIpc) is 2.43. The van der Waals surface area contributed by atoms with Crippen LogP contribution in [0.5, 0.6) is 5.75 Å². The van der Waals surface area contributed by atoms with E-state index in [0.717, 1.165) is 12.0 Å². The number of rotatable bonds is 6. The Morgan fingerprint density at radius 1 is 1.48 bits per heavy atom. The maximum Gasteiger partial charge on any atom is 0.142 e. The summed E-state index contributed by atoms with van der Waals surface area (Å²) in [6, 6.07) is 3.61. The van der Waals surface area contributed by atoms with E-state index in [1.165, 1.54) is 0 Å². The van der Waals surface area contributed by atoms with Gasteiger partial charge in [0.2, 0.25) is 0 Å². The lowest BCUT2D eigenvalue weighted by atomic mass is 9.97. The number of hydrogen-bond donors (Lipinski definition) is 2. The van der Waals surface area contributed by atoms with E-state index in [1.807, 2.05) is 6.07 Å². The quantitative estimate of drug-likeness (QED) is 0.839. The van der Waals surface area contributed by atoms with E-state index in [9.17, 15) is 5.11 Å². The number of benzene rings is 1. The Kier molecular flexibility index (Phi) is 5.74. The first-order chi connectivity index (χ1) is 9.93. The van der Waals surface area contributed by atoms with Crippen molar-refractivity contribution < 1.29 is 14.6 Å². The van der Waals surface area contributed by atoms with Crippen molar-refractivity contribution in [3.8, 4) is 5.75 Å². The normalized spacial score (nSPS) is 20.5. The highest BCUT2D eigenvalue weighted by Crippen LogP contribution is 2.40. The molecule has 2 atom stereocenters. The highest BCUT2D eigenvalue weighted by molar-refractivity contribution is 6.35. The predicted octanol–water partition coefficient (Wildman–Crippen LogP) is 3.19. The lowest BCUT2D eigenvalue weighted by Gasteiger charge is -2.31. The van der Waals surface area contributed by atoms with E-state index in [0.29, 0.717) is 42.0 Å². The molecule has 1 heterocycles. The molecule has 118 valence electrons. The fourth-order valence-corrected chi connectivity index (χ4v) is 2.95. The molecule has 21 heavy (non-hydrogen) atoms. The van der Waals surface area contributed by atoms with Gasteiger partial charge in [-0.25, -0.2) is 0 Å². The topological polar surface area (TPSA) is 50.7 Å². The van der Waals surface area contributed by atoms with Crippen LogP contribution in [0.15, 0.2) is 12.1 Å². The molecule has 1 aliphatic rings. The van der Waals surface area contributed by atoms with Crippen LogP contribution in [0, 0.1) is 0 Å². The number of nitrogens with one attached hydrogen (secondary N) is 1. The summed E-state index contributed by atoms with van der Waals surface area (Å²) in [6.07, 6.45) is 1.38. The Morgan fingerprint density at radius 2 is 2.24 bits per heavy atom. The van der Waals surface area contributed by atoms with Gasteiger partial charge < -0.3 is 19.9 Å². The van der Waals surface area contributed by atoms with E-state index in [2.05, 4.69) is 5.32 Å². The highest BCUT2D eigenvalue weighted by Gasteiger charge is 2.27. The molecular weight excluding hydrogens is 313 g/mol. The molecule has 6 heteroatoms. The van der Waals surface area contributed by atoms with Crippen molar-refractivity contribution in [2.75, 3.05) is 26.9 Å². The first-order valence-corrected chi connectivity index (χ1v) is 7.75. The van der Waals surface area contributed by atoms with Crippen molar-refractivity contribution in [1.29, 1.82) is 0 Å². The van der Waals surface area contributed by atoms with Gasteiger partial charge >= 0.3 is 0 Å². The largest absolute Gasteiger partial charge is 0.492 e. The second-order valence-electron chi connectivity index (χ2n) is 5.62. The molecular formula is C15H21Cl2NO3. The van der Waals surface area contributed by atoms with Crippen LogP contribution in [0.3, 0.4) is 0 Å². The molecule has 4 nitrogen and oxygen atoms in total. The molecule has 0 amide bonds. The Hall–Kier alpha value is -0.520. The van der Waals surface area contributed by atoms with Crippen LogP contribution >= 0.6 is 23.2 Å². The molecule has 2 N–H and O–H groups in total. The van der Waals surface area contributed by atoms with Gasteiger partial charge in [0.1, 0.15) is 5.75 Å². The van der Waals surface area contributed by atoms with Gasteiger partial charge in [-0.1, -0.05) is 23.2 Å². The summed E-state index contributed by atoms with van der Waals surface area (Å²) in [6.45, 7) is 3.37. The number of hydrogen-bond acceptors (Lipinski definition) is 4. The van der Waals surface area contributed by atoms with E-state index >= 15 is 0 Å². The van der Waals surface area contributed by atoms with E-state index in [4.69, 9.17) is 32.7 Å². The van der Waals surface area contributed by atoms with Gasteiger partial charge in [-0.3, -0.25) is 0 Å². The van der Waals surface area contributed by atoms with Crippen LogP contribution < -0.4 is 10.1 Å². The van der Waals surface area contributed by atoms with Crippen LogP contribution in [-0.4, -0.2) is 37.6 Å². The van der Waals surface area contributed by atoms with Gasteiger partial charge in [0, 0.05) is 49.7 Å². The number of halogens is 2. The minimum absolute atomic E-state index is 0.0685. The molecule has 0 bridgehead atoms. The first kappa shape index (κ1) is 16.8. The van der Waals surface area contributed by atoms with Crippen LogP contribution in [0.4, 0.5) is 0 Å². The molecule has 0 fully saturated rings. The third kappa shape index (κ3) is 4.47. The van der Waals surface area contributed by atoms with Crippen molar-refractivity contribution in [3.63, 3.8) is 0 Å². The standard InChI is InChI=1S/C15H21Cl2NO3/c1-15(19,4-6-20-2)9-18-13-3-5-21-14-11(13)7-10(16)8-12(14)17/h7-8,13,18-19H,3-6,9H2,1-2H3. The minimum Gasteiger partial charge on any atom is -0.492 e. The van der Waals surface area contributed by atoms with Crippen LogP contribution in [0.2, 0.25) is 10.0 Å². The lowest BCUT2D eigenvalue weighted by molar-refractivity contribution is 0.0215. The SMILES string of the molecule is COCCC(C)(O)CNC1CCOc2c(Cl)cc(Cl)cc21. The summed E-state index contributed by atoms with van der Waals surface area (Å²) >= 11 is 12.2. The molecule has 0 saturated heterocycles. The second-order valence-corrected chi connectivity index (χ2v) is 6.46. The number of ether oxygens (including phenoxy) is 2. The number of methoxy groups -OCH3 is 1. The summed E-state index contributed by atoms with van der Waals surface area (Å²) in [5.74, 6) is 0.682. The van der Waals surface area contributed by atoms with Crippen LogP contribution in [0.25, 0.3) is 0 Å². The molecule has 2 rings (SSSR count). The average molecular weight is 334 g/mol. The molecule has 1 aromatic carbocycles. The summed E-state index contributed by atoms with van der Waals surface area (Å²) in [5, 5.41) is 14.8. The zero-order valence-corrected chi connectivity index (χ0v) is 13.8. The van der Waals surface area contributed by atoms with Crippen molar-refractivity contribution in [3.05, 3.63) is 27.7 Å².